The van der Waals surface area contributed by atoms with Crippen LogP contribution in [0.5, 0.6) is 0 Å². The number of alkyl carbamates (subject to hydrolysis) is 1. The molecule has 1 aromatic heterocycles. The van der Waals surface area contributed by atoms with Crippen LogP contribution >= 0.6 is 0 Å². The zero-order chi connectivity index (χ0) is 22.4. The number of nitrogens with one attached hydrogen (secondary N) is 2. The summed E-state index contributed by atoms with van der Waals surface area (Å²) in [4.78, 5) is 24.9. The number of hydrogen-bond donors (Lipinski definition) is 2. The van der Waals surface area contributed by atoms with E-state index in [0.717, 1.165) is 31.1 Å². The summed E-state index contributed by atoms with van der Waals surface area (Å²) in [5.41, 5.74) is 2.10. The van der Waals surface area contributed by atoms with Crippen LogP contribution in [0, 0.1) is 0 Å². The molecular weight excluding hydrogens is 404 g/mol. The molecule has 2 aromatic carbocycles. The molecule has 3 aromatic rings. The van der Waals surface area contributed by atoms with E-state index in [9.17, 15) is 9.59 Å². The lowest BCUT2D eigenvalue weighted by molar-refractivity contribution is 0.0570. The van der Waals surface area contributed by atoms with Gasteiger partial charge in [0.15, 0.2) is 0 Å². The van der Waals surface area contributed by atoms with Gasteiger partial charge in [0.05, 0.1) is 11.8 Å². The fourth-order valence-electron chi connectivity index (χ4n) is 4.49. The number of ether oxygens (including phenoxy) is 1. The molecule has 4 rings (SSSR count). The molecule has 32 heavy (non-hydrogen) atoms. The number of rotatable bonds is 7. The van der Waals surface area contributed by atoms with Crippen LogP contribution in [-0.4, -0.2) is 31.2 Å². The van der Waals surface area contributed by atoms with Gasteiger partial charge in [-0.3, -0.25) is 4.79 Å². The molecule has 0 bridgehead atoms. The van der Waals surface area contributed by atoms with Gasteiger partial charge in [-0.05, 0) is 43.4 Å². The van der Waals surface area contributed by atoms with Crippen LogP contribution in [-0.2, 0) is 10.2 Å². The summed E-state index contributed by atoms with van der Waals surface area (Å²) in [5.74, 6) is -0.150. The highest BCUT2D eigenvalue weighted by molar-refractivity contribution is 6.04. The Morgan fingerprint density at radius 2 is 1.84 bits per heavy atom. The first kappa shape index (κ1) is 21.7. The second-order valence-electron chi connectivity index (χ2n) is 8.25. The van der Waals surface area contributed by atoms with Crippen molar-refractivity contribution >= 4 is 23.0 Å². The van der Waals surface area contributed by atoms with Gasteiger partial charge in [0.25, 0.3) is 5.91 Å². The SMILES string of the molecule is C=CCNC(=O)O[C@H]1CC[C@](CNC(=O)c2cccc3ccoc23)(c2ccccc2)CC1. The lowest BCUT2D eigenvalue weighted by Gasteiger charge is -2.40. The van der Waals surface area contributed by atoms with E-state index < -0.39 is 6.09 Å². The highest BCUT2D eigenvalue weighted by Gasteiger charge is 2.38. The van der Waals surface area contributed by atoms with Crippen molar-refractivity contribution in [3.8, 4) is 0 Å². The second-order valence-corrected chi connectivity index (χ2v) is 8.25. The van der Waals surface area contributed by atoms with Gasteiger partial charge in [-0.2, -0.15) is 0 Å². The molecule has 0 saturated heterocycles. The predicted octanol–water partition coefficient (Wildman–Crippen LogP) is 4.96. The van der Waals surface area contributed by atoms with E-state index in [2.05, 4.69) is 29.3 Å². The smallest absolute Gasteiger partial charge is 0.407 e. The first-order valence-electron chi connectivity index (χ1n) is 11.0. The molecular formula is C26H28N2O4. The lowest BCUT2D eigenvalue weighted by atomic mass is 9.68. The molecule has 6 heteroatoms. The molecule has 2 N–H and O–H groups in total. The van der Waals surface area contributed by atoms with Gasteiger partial charge in [-0.25, -0.2) is 4.79 Å². The van der Waals surface area contributed by atoms with Crippen molar-refractivity contribution in [2.45, 2.75) is 37.2 Å². The van der Waals surface area contributed by atoms with Gasteiger partial charge >= 0.3 is 6.09 Å². The summed E-state index contributed by atoms with van der Waals surface area (Å²) >= 11 is 0. The zero-order valence-corrected chi connectivity index (χ0v) is 18.0. The molecule has 0 radical (unpaired) electrons. The average Bonchev–Trinajstić information content (AvgIpc) is 3.32. The van der Waals surface area contributed by atoms with E-state index in [-0.39, 0.29) is 17.4 Å². The van der Waals surface area contributed by atoms with E-state index >= 15 is 0 Å². The monoisotopic (exact) mass is 432 g/mol. The Bertz CT molecular complexity index is 1080. The van der Waals surface area contributed by atoms with Crippen LogP contribution in [0.3, 0.4) is 0 Å². The van der Waals surface area contributed by atoms with Crippen LogP contribution in [0.15, 0.2) is 77.9 Å². The van der Waals surface area contributed by atoms with Crippen molar-refractivity contribution in [2.75, 3.05) is 13.1 Å². The molecule has 1 fully saturated rings. The maximum absolute atomic E-state index is 13.0. The Balaban J connectivity index is 1.46. The van der Waals surface area contributed by atoms with Gasteiger partial charge in [0.2, 0.25) is 0 Å². The summed E-state index contributed by atoms with van der Waals surface area (Å²) in [7, 11) is 0. The lowest BCUT2D eigenvalue weighted by Crippen LogP contribution is -2.45. The number of carbonyl (C=O) groups is 2. The van der Waals surface area contributed by atoms with Crippen LogP contribution in [0.25, 0.3) is 11.0 Å². The van der Waals surface area contributed by atoms with Crippen molar-refractivity contribution in [3.63, 3.8) is 0 Å². The fourth-order valence-corrected chi connectivity index (χ4v) is 4.49. The summed E-state index contributed by atoms with van der Waals surface area (Å²) in [6.07, 6.45) is 5.75. The summed E-state index contributed by atoms with van der Waals surface area (Å²) in [5, 5.41) is 6.71. The van der Waals surface area contributed by atoms with Crippen molar-refractivity contribution in [3.05, 3.63) is 84.6 Å². The third kappa shape index (κ3) is 4.69. The fraction of sp³-hybridized carbons (Fsp3) is 0.308. The zero-order valence-electron chi connectivity index (χ0n) is 18.0. The minimum absolute atomic E-state index is 0.135. The van der Waals surface area contributed by atoms with Gasteiger partial charge in [0.1, 0.15) is 11.7 Å². The van der Waals surface area contributed by atoms with Crippen molar-refractivity contribution in [2.24, 2.45) is 0 Å². The predicted molar refractivity (Wildman–Crippen MR) is 124 cm³/mol. The van der Waals surface area contributed by atoms with Gasteiger partial charge in [-0.1, -0.05) is 48.5 Å². The maximum Gasteiger partial charge on any atom is 0.407 e. The molecule has 166 valence electrons. The van der Waals surface area contributed by atoms with E-state index in [1.54, 1.807) is 18.4 Å². The van der Waals surface area contributed by atoms with Crippen LogP contribution < -0.4 is 10.6 Å². The largest absolute Gasteiger partial charge is 0.464 e. The standard InChI is InChI=1S/C26H28N2O4/c1-2-16-27-25(30)32-21-11-14-26(15-12-21,20-8-4-3-5-9-20)18-28-24(29)22-10-6-7-19-13-17-31-23(19)22/h2-10,13,17,21H,1,11-12,14-16,18H2,(H,27,30)(H,28,29)/t21-,26-. The second kappa shape index (κ2) is 9.73. The molecule has 1 saturated carbocycles. The number of benzene rings is 2. The van der Waals surface area contributed by atoms with Gasteiger partial charge < -0.3 is 19.8 Å². The number of amides is 2. The van der Waals surface area contributed by atoms with Crippen LogP contribution in [0.1, 0.15) is 41.6 Å². The molecule has 0 unspecified atom stereocenters. The van der Waals surface area contributed by atoms with Crippen LogP contribution in [0.4, 0.5) is 4.79 Å². The Kier molecular flexibility index (Phi) is 6.59. The molecule has 0 spiro atoms. The Hall–Kier alpha value is -3.54. The maximum atomic E-state index is 13.0. The average molecular weight is 433 g/mol. The van der Waals surface area contributed by atoms with E-state index in [1.165, 1.54) is 5.56 Å². The van der Waals surface area contributed by atoms with Crippen LogP contribution in [0.2, 0.25) is 0 Å². The number of carbonyl (C=O) groups excluding carboxylic acids is 2. The molecule has 6 nitrogen and oxygen atoms in total. The summed E-state index contributed by atoms with van der Waals surface area (Å²) < 4.78 is 11.1. The highest BCUT2D eigenvalue weighted by atomic mass is 16.6. The molecule has 2 amide bonds. The molecule has 1 aliphatic carbocycles. The number of hydrogen-bond acceptors (Lipinski definition) is 4. The molecule has 1 aliphatic rings. The Labute approximate surface area is 187 Å². The molecule has 0 aliphatic heterocycles. The summed E-state index contributed by atoms with van der Waals surface area (Å²) in [6.45, 7) is 4.48. The van der Waals surface area contributed by atoms with Gasteiger partial charge in [-0.15, -0.1) is 6.58 Å². The highest BCUT2D eigenvalue weighted by Crippen LogP contribution is 2.40. The Morgan fingerprint density at radius 3 is 2.59 bits per heavy atom. The topological polar surface area (TPSA) is 80.6 Å². The van der Waals surface area contributed by atoms with Crippen molar-refractivity contribution in [1.29, 1.82) is 0 Å². The molecule has 0 atom stereocenters. The van der Waals surface area contributed by atoms with E-state index in [4.69, 9.17) is 9.15 Å². The first-order chi connectivity index (χ1) is 15.6. The first-order valence-corrected chi connectivity index (χ1v) is 11.0. The minimum Gasteiger partial charge on any atom is -0.464 e. The number of para-hydroxylation sites is 1. The van der Waals surface area contributed by atoms with Crippen molar-refractivity contribution < 1.29 is 18.7 Å². The van der Waals surface area contributed by atoms with E-state index in [0.29, 0.717) is 24.2 Å². The Morgan fingerprint density at radius 1 is 1.06 bits per heavy atom. The normalized spacial score (nSPS) is 20.4. The van der Waals surface area contributed by atoms with Gasteiger partial charge in [0, 0.05) is 23.9 Å². The third-order valence-corrected chi connectivity index (χ3v) is 6.25. The summed E-state index contributed by atoms with van der Waals surface area (Å²) in [6, 6.07) is 17.7. The number of fused-ring (bicyclic) bond motifs is 1. The number of furan rings is 1. The third-order valence-electron chi connectivity index (χ3n) is 6.25. The minimum atomic E-state index is -0.415. The van der Waals surface area contributed by atoms with E-state index in [1.807, 2.05) is 36.4 Å². The van der Waals surface area contributed by atoms with Crippen molar-refractivity contribution in [1.82, 2.24) is 10.6 Å². The quantitative estimate of drug-likeness (QED) is 0.518. The molecule has 1 heterocycles.